The average molecular weight is 383 g/mol. The fourth-order valence-corrected chi connectivity index (χ4v) is 3.37. The highest BCUT2D eigenvalue weighted by Crippen LogP contribution is 2.21. The molecular formula is C18H24Cl2N4O. The summed E-state index contributed by atoms with van der Waals surface area (Å²) in [5, 5.41) is 5.01. The standard InChI is InChI=1S/C18H23ClN4O.ClH/c1-13(20)14-6-8-22(9-7-14)18(24)16-10-21-23(12-16)11-15-4-2-3-5-17(15)19;/h2-5,10,12-14H,6-9,11,20H2,1H3;1H. The van der Waals surface area contributed by atoms with E-state index in [1.807, 2.05) is 36.1 Å². The second-order valence-corrected chi connectivity index (χ2v) is 6.91. The maximum Gasteiger partial charge on any atom is 0.257 e. The van der Waals surface area contributed by atoms with E-state index in [2.05, 4.69) is 5.10 Å². The first kappa shape index (κ1) is 19.8. The highest BCUT2D eigenvalue weighted by molar-refractivity contribution is 6.31. The second kappa shape index (κ2) is 8.70. The first-order chi connectivity index (χ1) is 11.5. The van der Waals surface area contributed by atoms with Crippen LogP contribution in [0.5, 0.6) is 0 Å². The number of hydrogen-bond donors (Lipinski definition) is 1. The predicted molar refractivity (Wildman–Crippen MR) is 102 cm³/mol. The molecule has 0 radical (unpaired) electrons. The number of likely N-dealkylation sites (tertiary alicyclic amines) is 1. The van der Waals surface area contributed by atoms with Crippen LogP contribution in [0.25, 0.3) is 0 Å². The Labute approximate surface area is 159 Å². The molecule has 1 aliphatic heterocycles. The van der Waals surface area contributed by atoms with Crippen molar-refractivity contribution >= 4 is 29.9 Å². The van der Waals surface area contributed by atoms with Crippen LogP contribution in [-0.2, 0) is 6.54 Å². The number of halogens is 2. The highest BCUT2D eigenvalue weighted by Gasteiger charge is 2.26. The molecule has 1 atom stereocenters. The van der Waals surface area contributed by atoms with Gasteiger partial charge < -0.3 is 10.6 Å². The zero-order valence-corrected chi connectivity index (χ0v) is 15.8. The summed E-state index contributed by atoms with van der Waals surface area (Å²) in [5.41, 5.74) is 7.57. The molecule has 2 aromatic rings. The van der Waals surface area contributed by atoms with E-state index >= 15 is 0 Å². The van der Waals surface area contributed by atoms with E-state index in [1.54, 1.807) is 17.1 Å². The molecule has 1 saturated heterocycles. The number of carbonyl (C=O) groups excluding carboxylic acids is 1. The van der Waals surface area contributed by atoms with Gasteiger partial charge in [-0.25, -0.2) is 0 Å². The molecule has 1 aromatic heterocycles. The van der Waals surface area contributed by atoms with Crippen molar-refractivity contribution in [3.63, 3.8) is 0 Å². The maximum atomic E-state index is 12.6. The van der Waals surface area contributed by atoms with E-state index in [0.29, 0.717) is 23.0 Å². The molecule has 25 heavy (non-hydrogen) atoms. The monoisotopic (exact) mass is 382 g/mol. The molecule has 1 fully saturated rings. The zero-order chi connectivity index (χ0) is 17.1. The lowest BCUT2D eigenvalue weighted by Crippen LogP contribution is -2.42. The fourth-order valence-electron chi connectivity index (χ4n) is 3.17. The van der Waals surface area contributed by atoms with Gasteiger partial charge in [0.25, 0.3) is 5.91 Å². The molecule has 1 aliphatic rings. The van der Waals surface area contributed by atoms with Crippen molar-refractivity contribution in [3.8, 4) is 0 Å². The van der Waals surface area contributed by atoms with Gasteiger partial charge >= 0.3 is 0 Å². The maximum absolute atomic E-state index is 12.6. The Balaban J connectivity index is 0.00000225. The second-order valence-electron chi connectivity index (χ2n) is 6.51. The summed E-state index contributed by atoms with van der Waals surface area (Å²) in [6.45, 7) is 4.13. The van der Waals surface area contributed by atoms with Crippen LogP contribution in [0, 0.1) is 5.92 Å². The van der Waals surface area contributed by atoms with Gasteiger partial charge in [-0.2, -0.15) is 5.10 Å². The Morgan fingerprint density at radius 3 is 2.68 bits per heavy atom. The normalized spacial score (nSPS) is 16.4. The van der Waals surface area contributed by atoms with Gasteiger partial charge in [0, 0.05) is 30.4 Å². The summed E-state index contributed by atoms with van der Waals surface area (Å²) < 4.78 is 1.75. The van der Waals surface area contributed by atoms with Crippen LogP contribution in [0.1, 0.15) is 35.7 Å². The molecule has 0 saturated carbocycles. The molecule has 7 heteroatoms. The molecule has 2 N–H and O–H groups in total. The van der Waals surface area contributed by atoms with Gasteiger partial charge in [-0.3, -0.25) is 9.48 Å². The minimum Gasteiger partial charge on any atom is -0.339 e. The molecular weight excluding hydrogens is 359 g/mol. The number of carbonyl (C=O) groups is 1. The van der Waals surface area contributed by atoms with Gasteiger partial charge in [0.2, 0.25) is 0 Å². The molecule has 136 valence electrons. The van der Waals surface area contributed by atoms with Gasteiger partial charge in [-0.15, -0.1) is 12.4 Å². The minimum absolute atomic E-state index is 0. The third kappa shape index (κ3) is 4.75. The van der Waals surface area contributed by atoms with Crippen molar-refractivity contribution in [1.82, 2.24) is 14.7 Å². The van der Waals surface area contributed by atoms with E-state index < -0.39 is 0 Å². The lowest BCUT2D eigenvalue weighted by molar-refractivity contribution is 0.0681. The number of benzene rings is 1. The Kier molecular flexibility index (Phi) is 6.87. The Hall–Kier alpha value is -1.56. The van der Waals surface area contributed by atoms with Crippen LogP contribution in [0.3, 0.4) is 0 Å². The summed E-state index contributed by atoms with van der Waals surface area (Å²) >= 11 is 6.18. The van der Waals surface area contributed by atoms with E-state index in [0.717, 1.165) is 31.5 Å². The number of nitrogens with zero attached hydrogens (tertiary/aromatic N) is 3. The zero-order valence-electron chi connectivity index (χ0n) is 14.3. The first-order valence-electron chi connectivity index (χ1n) is 8.35. The summed E-state index contributed by atoms with van der Waals surface area (Å²) in [4.78, 5) is 14.5. The summed E-state index contributed by atoms with van der Waals surface area (Å²) in [6, 6.07) is 7.86. The molecule has 0 spiro atoms. The molecule has 1 unspecified atom stereocenters. The number of amides is 1. The number of rotatable bonds is 4. The number of aromatic nitrogens is 2. The third-order valence-electron chi connectivity index (χ3n) is 4.74. The molecule has 5 nitrogen and oxygen atoms in total. The van der Waals surface area contributed by atoms with E-state index in [1.165, 1.54) is 0 Å². The molecule has 0 aliphatic carbocycles. The smallest absolute Gasteiger partial charge is 0.257 e. The first-order valence-corrected chi connectivity index (χ1v) is 8.73. The van der Waals surface area contributed by atoms with Crippen molar-refractivity contribution in [2.75, 3.05) is 13.1 Å². The van der Waals surface area contributed by atoms with Gasteiger partial charge in [0.1, 0.15) is 0 Å². The van der Waals surface area contributed by atoms with Crippen molar-refractivity contribution in [3.05, 3.63) is 52.8 Å². The van der Waals surface area contributed by atoms with Crippen LogP contribution in [-0.4, -0.2) is 39.7 Å². The Bertz CT molecular complexity index is 709. The van der Waals surface area contributed by atoms with E-state index in [-0.39, 0.29) is 24.4 Å². The molecule has 1 amide bonds. The van der Waals surface area contributed by atoms with Gasteiger partial charge in [0.05, 0.1) is 18.3 Å². The van der Waals surface area contributed by atoms with Crippen LogP contribution >= 0.6 is 24.0 Å². The lowest BCUT2D eigenvalue weighted by atomic mass is 9.91. The van der Waals surface area contributed by atoms with Gasteiger partial charge in [-0.05, 0) is 37.3 Å². The molecule has 2 heterocycles. The average Bonchev–Trinajstić information content (AvgIpc) is 3.05. The highest BCUT2D eigenvalue weighted by atomic mass is 35.5. The van der Waals surface area contributed by atoms with Gasteiger partial charge in [0.15, 0.2) is 0 Å². The summed E-state index contributed by atoms with van der Waals surface area (Å²) in [7, 11) is 0. The third-order valence-corrected chi connectivity index (χ3v) is 5.11. The van der Waals surface area contributed by atoms with Crippen LogP contribution in [0.15, 0.2) is 36.7 Å². The van der Waals surface area contributed by atoms with Gasteiger partial charge in [-0.1, -0.05) is 29.8 Å². The van der Waals surface area contributed by atoms with E-state index in [4.69, 9.17) is 17.3 Å². The SMILES string of the molecule is CC(N)C1CCN(C(=O)c2cnn(Cc3ccccc3Cl)c2)CC1.Cl. The van der Waals surface area contributed by atoms with Crippen molar-refractivity contribution in [2.45, 2.75) is 32.4 Å². The summed E-state index contributed by atoms with van der Waals surface area (Å²) in [6.07, 6.45) is 5.37. The van der Waals surface area contributed by atoms with Crippen molar-refractivity contribution in [1.29, 1.82) is 0 Å². The number of hydrogen-bond acceptors (Lipinski definition) is 3. The molecule has 3 rings (SSSR count). The quantitative estimate of drug-likeness (QED) is 0.882. The largest absolute Gasteiger partial charge is 0.339 e. The van der Waals surface area contributed by atoms with Crippen LogP contribution < -0.4 is 5.73 Å². The topological polar surface area (TPSA) is 64.2 Å². The number of piperidine rings is 1. The molecule has 0 bridgehead atoms. The lowest BCUT2D eigenvalue weighted by Gasteiger charge is -2.33. The Morgan fingerprint density at radius 1 is 1.36 bits per heavy atom. The van der Waals surface area contributed by atoms with Crippen LogP contribution in [0.4, 0.5) is 0 Å². The Morgan fingerprint density at radius 2 is 2.04 bits per heavy atom. The fraction of sp³-hybridized carbons (Fsp3) is 0.444. The van der Waals surface area contributed by atoms with E-state index in [9.17, 15) is 4.79 Å². The minimum atomic E-state index is 0. The van der Waals surface area contributed by atoms with Crippen LogP contribution in [0.2, 0.25) is 5.02 Å². The van der Waals surface area contributed by atoms with Crippen molar-refractivity contribution in [2.24, 2.45) is 11.7 Å². The van der Waals surface area contributed by atoms with Crippen molar-refractivity contribution < 1.29 is 4.79 Å². The number of nitrogens with two attached hydrogens (primary N) is 1. The summed E-state index contributed by atoms with van der Waals surface area (Å²) in [5.74, 6) is 0.556. The molecule has 1 aromatic carbocycles. The predicted octanol–water partition coefficient (Wildman–Crippen LogP) is 3.21.